The SMILES string of the molecule is CCOCC(=O)N[C@H](C(=O)O)[C@@H](C)CC#N. The molecule has 0 rings (SSSR count). The zero-order chi connectivity index (χ0) is 12.6. The maximum absolute atomic E-state index is 11.2. The summed E-state index contributed by atoms with van der Waals surface area (Å²) in [6.07, 6.45) is 0.0753. The molecule has 1 amide bonds. The number of ether oxygens (including phenoxy) is 1. The predicted molar refractivity (Wildman–Crippen MR) is 55.5 cm³/mol. The van der Waals surface area contributed by atoms with Crippen molar-refractivity contribution in [1.82, 2.24) is 5.32 Å². The molecule has 90 valence electrons. The van der Waals surface area contributed by atoms with Crippen LogP contribution in [-0.4, -0.2) is 36.2 Å². The van der Waals surface area contributed by atoms with Crippen molar-refractivity contribution < 1.29 is 19.4 Å². The Morgan fingerprint density at radius 1 is 1.56 bits per heavy atom. The molecule has 16 heavy (non-hydrogen) atoms. The molecule has 6 heteroatoms. The van der Waals surface area contributed by atoms with Crippen molar-refractivity contribution >= 4 is 11.9 Å². The highest BCUT2D eigenvalue weighted by Gasteiger charge is 2.26. The van der Waals surface area contributed by atoms with Crippen LogP contribution in [-0.2, 0) is 14.3 Å². The molecule has 0 aromatic heterocycles. The van der Waals surface area contributed by atoms with E-state index in [1.807, 2.05) is 6.07 Å². The Labute approximate surface area is 94.2 Å². The van der Waals surface area contributed by atoms with Crippen LogP contribution in [0.2, 0.25) is 0 Å². The Balaban J connectivity index is 4.29. The minimum absolute atomic E-state index is 0.0753. The zero-order valence-electron chi connectivity index (χ0n) is 9.40. The fourth-order valence-corrected chi connectivity index (χ4v) is 1.12. The first kappa shape index (κ1) is 14.4. The van der Waals surface area contributed by atoms with Crippen molar-refractivity contribution in [1.29, 1.82) is 5.26 Å². The van der Waals surface area contributed by atoms with Crippen molar-refractivity contribution in [3.05, 3.63) is 0 Å². The number of rotatable bonds is 7. The van der Waals surface area contributed by atoms with Crippen molar-refractivity contribution in [2.75, 3.05) is 13.2 Å². The van der Waals surface area contributed by atoms with E-state index >= 15 is 0 Å². The lowest BCUT2D eigenvalue weighted by Gasteiger charge is -2.19. The monoisotopic (exact) mass is 228 g/mol. The zero-order valence-corrected chi connectivity index (χ0v) is 9.40. The average Bonchev–Trinajstić information content (AvgIpc) is 2.22. The van der Waals surface area contributed by atoms with Gasteiger partial charge < -0.3 is 15.2 Å². The molecular formula is C10H16N2O4. The maximum Gasteiger partial charge on any atom is 0.326 e. The van der Waals surface area contributed by atoms with Gasteiger partial charge in [0.25, 0.3) is 0 Å². The van der Waals surface area contributed by atoms with E-state index in [0.717, 1.165) is 0 Å². The van der Waals surface area contributed by atoms with E-state index in [0.29, 0.717) is 6.61 Å². The number of hydrogen-bond donors (Lipinski definition) is 2. The lowest BCUT2D eigenvalue weighted by Crippen LogP contribution is -2.46. The normalized spacial score (nSPS) is 13.6. The topological polar surface area (TPSA) is 99.4 Å². The van der Waals surface area contributed by atoms with Crippen LogP contribution in [0.3, 0.4) is 0 Å². The molecule has 0 aromatic carbocycles. The molecule has 0 aromatic rings. The van der Waals surface area contributed by atoms with E-state index in [2.05, 4.69) is 5.32 Å². The third-order valence-electron chi connectivity index (χ3n) is 2.00. The molecular weight excluding hydrogens is 212 g/mol. The molecule has 0 aliphatic carbocycles. The summed E-state index contributed by atoms with van der Waals surface area (Å²) in [5.74, 6) is -2.07. The number of amides is 1. The Bertz CT molecular complexity index is 285. The predicted octanol–water partition coefficient (Wildman–Crippen LogP) is 0.142. The Kier molecular flexibility index (Phi) is 6.88. The van der Waals surface area contributed by atoms with E-state index in [1.54, 1.807) is 13.8 Å². The van der Waals surface area contributed by atoms with Gasteiger partial charge in [0.2, 0.25) is 5.91 Å². The quantitative estimate of drug-likeness (QED) is 0.645. The molecule has 0 fully saturated rings. The van der Waals surface area contributed by atoms with Gasteiger partial charge in [-0.05, 0) is 6.92 Å². The summed E-state index contributed by atoms with van der Waals surface area (Å²) >= 11 is 0. The van der Waals surface area contributed by atoms with Crippen LogP contribution < -0.4 is 5.32 Å². The smallest absolute Gasteiger partial charge is 0.326 e. The summed E-state index contributed by atoms with van der Waals surface area (Å²) < 4.78 is 4.85. The fourth-order valence-electron chi connectivity index (χ4n) is 1.12. The minimum Gasteiger partial charge on any atom is -0.480 e. The second-order valence-corrected chi connectivity index (χ2v) is 3.36. The van der Waals surface area contributed by atoms with Gasteiger partial charge in [-0.2, -0.15) is 5.26 Å². The maximum atomic E-state index is 11.2. The summed E-state index contributed by atoms with van der Waals surface area (Å²) in [4.78, 5) is 22.1. The Morgan fingerprint density at radius 2 is 2.19 bits per heavy atom. The number of carboxylic acids is 1. The first-order valence-corrected chi connectivity index (χ1v) is 4.99. The Morgan fingerprint density at radius 3 is 2.62 bits per heavy atom. The van der Waals surface area contributed by atoms with E-state index < -0.39 is 23.8 Å². The molecule has 0 unspecified atom stereocenters. The van der Waals surface area contributed by atoms with Crippen LogP contribution in [0.5, 0.6) is 0 Å². The fraction of sp³-hybridized carbons (Fsp3) is 0.700. The minimum atomic E-state index is -1.15. The first-order chi connectivity index (χ1) is 7.52. The molecule has 2 N–H and O–H groups in total. The van der Waals surface area contributed by atoms with Crippen molar-refractivity contribution in [2.45, 2.75) is 26.3 Å². The number of carbonyl (C=O) groups excluding carboxylic acids is 1. The van der Waals surface area contributed by atoms with E-state index in [4.69, 9.17) is 15.1 Å². The molecule has 0 radical (unpaired) electrons. The second-order valence-electron chi connectivity index (χ2n) is 3.36. The average molecular weight is 228 g/mol. The van der Waals surface area contributed by atoms with E-state index in [1.165, 1.54) is 0 Å². The summed E-state index contributed by atoms with van der Waals surface area (Å²) in [7, 11) is 0. The van der Waals surface area contributed by atoms with Crippen LogP contribution in [0.4, 0.5) is 0 Å². The lowest BCUT2D eigenvalue weighted by atomic mass is 9.99. The second kappa shape index (κ2) is 7.65. The first-order valence-electron chi connectivity index (χ1n) is 4.99. The number of aliphatic carboxylic acids is 1. The molecule has 6 nitrogen and oxygen atoms in total. The lowest BCUT2D eigenvalue weighted by molar-refractivity contribution is -0.144. The molecule has 0 heterocycles. The van der Waals surface area contributed by atoms with Crippen LogP contribution in [0.15, 0.2) is 0 Å². The molecule has 0 saturated carbocycles. The molecule has 0 saturated heterocycles. The van der Waals surface area contributed by atoms with Gasteiger partial charge in [0, 0.05) is 18.9 Å². The van der Waals surface area contributed by atoms with Crippen molar-refractivity contribution in [3.63, 3.8) is 0 Å². The highest BCUT2D eigenvalue weighted by atomic mass is 16.5. The van der Waals surface area contributed by atoms with Gasteiger partial charge in [0.05, 0.1) is 6.07 Å². The van der Waals surface area contributed by atoms with Gasteiger partial charge in [-0.25, -0.2) is 4.79 Å². The number of nitrogens with one attached hydrogen (secondary N) is 1. The Hall–Kier alpha value is -1.61. The summed E-state index contributed by atoms with van der Waals surface area (Å²) in [5, 5.41) is 19.7. The third kappa shape index (κ3) is 5.32. The number of carboxylic acid groups (broad SMARTS) is 1. The van der Waals surface area contributed by atoms with Crippen molar-refractivity contribution in [2.24, 2.45) is 5.92 Å². The summed E-state index contributed by atoms with van der Waals surface area (Å²) in [6.45, 7) is 3.56. The van der Waals surface area contributed by atoms with E-state index in [-0.39, 0.29) is 13.0 Å². The summed E-state index contributed by atoms with van der Waals surface area (Å²) in [5.41, 5.74) is 0. The number of hydrogen-bond acceptors (Lipinski definition) is 4. The molecule has 0 spiro atoms. The van der Waals surface area contributed by atoms with Gasteiger partial charge in [-0.15, -0.1) is 0 Å². The van der Waals surface area contributed by atoms with Crippen LogP contribution in [0.25, 0.3) is 0 Å². The van der Waals surface area contributed by atoms with Gasteiger partial charge in [-0.3, -0.25) is 4.79 Å². The standard InChI is InChI=1S/C10H16N2O4/c1-3-16-6-8(13)12-9(10(14)15)7(2)4-5-11/h7,9H,3-4,6H2,1-2H3,(H,12,13)(H,14,15)/t7-,9-/m0/s1. The van der Waals surface area contributed by atoms with Gasteiger partial charge in [0.1, 0.15) is 12.6 Å². The third-order valence-corrected chi connectivity index (χ3v) is 2.00. The van der Waals surface area contributed by atoms with Crippen LogP contribution in [0.1, 0.15) is 20.3 Å². The van der Waals surface area contributed by atoms with Gasteiger partial charge in [0.15, 0.2) is 0 Å². The molecule has 0 aliphatic heterocycles. The number of nitriles is 1. The van der Waals surface area contributed by atoms with Gasteiger partial charge >= 0.3 is 5.97 Å². The number of carbonyl (C=O) groups is 2. The highest BCUT2D eigenvalue weighted by Crippen LogP contribution is 2.07. The largest absolute Gasteiger partial charge is 0.480 e. The molecule has 0 bridgehead atoms. The molecule has 0 aliphatic rings. The van der Waals surface area contributed by atoms with E-state index in [9.17, 15) is 9.59 Å². The van der Waals surface area contributed by atoms with Crippen molar-refractivity contribution in [3.8, 4) is 6.07 Å². The summed E-state index contributed by atoms with van der Waals surface area (Å²) in [6, 6.07) is 0.825. The van der Waals surface area contributed by atoms with Crippen LogP contribution >= 0.6 is 0 Å². The van der Waals surface area contributed by atoms with Crippen LogP contribution in [0, 0.1) is 17.2 Å². The molecule has 2 atom stereocenters. The van der Waals surface area contributed by atoms with Gasteiger partial charge in [-0.1, -0.05) is 6.92 Å². The number of nitrogens with zero attached hydrogens (tertiary/aromatic N) is 1. The highest BCUT2D eigenvalue weighted by molar-refractivity contribution is 5.84.